The number of thioether (sulfide) groups is 1. The van der Waals surface area contributed by atoms with E-state index < -0.39 is 0 Å². The zero-order valence-corrected chi connectivity index (χ0v) is 15.7. The van der Waals surface area contributed by atoms with Gasteiger partial charge in [0.1, 0.15) is 5.03 Å². The first-order chi connectivity index (χ1) is 12.7. The highest BCUT2D eigenvalue weighted by Gasteiger charge is 2.07. The molecule has 0 aliphatic heterocycles. The Hall–Kier alpha value is -2.66. The third kappa shape index (κ3) is 4.70. The molecule has 1 heterocycles. The maximum Gasteiger partial charge on any atom is 0.234 e. The fourth-order valence-electron chi connectivity index (χ4n) is 2.50. The number of amides is 1. The summed E-state index contributed by atoms with van der Waals surface area (Å²) in [4.78, 5) is 12.1. The molecule has 4 nitrogen and oxygen atoms in total. The molecule has 0 unspecified atom stereocenters. The molecule has 0 aliphatic rings. The van der Waals surface area contributed by atoms with Gasteiger partial charge < -0.3 is 5.32 Å². The topological polar surface area (TPSA) is 54.9 Å². The molecule has 0 spiro atoms. The van der Waals surface area contributed by atoms with Crippen LogP contribution in [-0.4, -0.2) is 21.9 Å². The summed E-state index contributed by atoms with van der Waals surface area (Å²) < 4.78 is 0. The number of benzene rings is 2. The van der Waals surface area contributed by atoms with Crippen LogP contribution < -0.4 is 5.32 Å². The molecule has 1 amide bonds. The van der Waals surface area contributed by atoms with E-state index in [1.165, 1.54) is 17.3 Å². The van der Waals surface area contributed by atoms with Crippen LogP contribution in [-0.2, 0) is 11.2 Å². The molecule has 0 fully saturated rings. The summed E-state index contributed by atoms with van der Waals surface area (Å²) in [6.45, 7) is 4.11. The lowest BCUT2D eigenvalue weighted by molar-refractivity contribution is -0.113. The van der Waals surface area contributed by atoms with Crippen LogP contribution in [0.4, 0.5) is 5.69 Å². The highest BCUT2D eigenvalue weighted by molar-refractivity contribution is 7.99. The molecule has 0 bridgehead atoms. The minimum absolute atomic E-state index is 0.0506. The van der Waals surface area contributed by atoms with Crippen molar-refractivity contribution in [2.45, 2.75) is 25.3 Å². The van der Waals surface area contributed by atoms with Crippen LogP contribution in [0.1, 0.15) is 18.1 Å². The number of carbonyl (C=O) groups excluding carboxylic acids is 1. The van der Waals surface area contributed by atoms with Crippen molar-refractivity contribution in [1.29, 1.82) is 0 Å². The Labute approximate surface area is 158 Å². The van der Waals surface area contributed by atoms with Gasteiger partial charge >= 0.3 is 0 Å². The molecule has 5 heteroatoms. The molecular formula is C21H21N3OS. The number of aromatic nitrogens is 2. The van der Waals surface area contributed by atoms with Gasteiger partial charge in [-0.1, -0.05) is 61.2 Å². The number of para-hydroxylation sites is 1. The van der Waals surface area contributed by atoms with Crippen LogP contribution >= 0.6 is 11.8 Å². The minimum atomic E-state index is -0.0506. The van der Waals surface area contributed by atoms with E-state index in [0.717, 1.165) is 34.0 Å². The molecule has 2 aromatic carbocycles. The normalized spacial score (nSPS) is 10.5. The number of nitrogens with one attached hydrogen (secondary N) is 1. The van der Waals surface area contributed by atoms with Gasteiger partial charge in [-0.3, -0.25) is 4.79 Å². The molecule has 26 heavy (non-hydrogen) atoms. The quantitative estimate of drug-likeness (QED) is 0.643. The lowest BCUT2D eigenvalue weighted by atomic mass is 10.1. The Morgan fingerprint density at radius 2 is 1.77 bits per heavy atom. The van der Waals surface area contributed by atoms with Gasteiger partial charge in [-0.2, -0.15) is 0 Å². The van der Waals surface area contributed by atoms with Crippen LogP contribution in [0.15, 0.2) is 65.7 Å². The van der Waals surface area contributed by atoms with Crippen molar-refractivity contribution in [1.82, 2.24) is 10.2 Å². The average molecular weight is 363 g/mol. The van der Waals surface area contributed by atoms with E-state index in [1.54, 1.807) is 0 Å². The molecule has 0 atom stereocenters. The van der Waals surface area contributed by atoms with Crippen LogP contribution in [0.3, 0.4) is 0 Å². The Morgan fingerprint density at radius 3 is 2.42 bits per heavy atom. The number of anilines is 1. The van der Waals surface area contributed by atoms with Crippen molar-refractivity contribution < 1.29 is 4.79 Å². The summed E-state index contributed by atoms with van der Waals surface area (Å²) in [5, 5.41) is 12.2. The molecular weight excluding hydrogens is 342 g/mol. The van der Waals surface area contributed by atoms with E-state index in [4.69, 9.17) is 0 Å². The lowest BCUT2D eigenvalue weighted by Gasteiger charge is -2.07. The first-order valence-corrected chi connectivity index (χ1v) is 9.55. The SMILES string of the molecule is CCc1ccc(-c2ccc(SCC(=O)Nc3ccccc3C)nn2)cc1. The standard InChI is InChI=1S/C21H21N3OS/c1-3-16-8-10-17(11-9-16)19-12-13-21(24-23-19)26-14-20(25)22-18-7-5-4-6-15(18)2/h4-13H,3,14H2,1-2H3,(H,22,25). The highest BCUT2D eigenvalue weighted by Crippen LogP contribution is 2.21. The third-order valence-electron chi connectivity index (χ3n) is 4.07. The second-order valence-corrected chi connectivity index (χ2v) is 6.95. The first kappa shape index (κ1) is 18.1. The van der Waals surface area contributed by atoms with E-state index in [0.29, 0.717) is 5.75 Å². The van der Waals surface area contributed by atoms with Gasteiger partial charge in [-0.05, 0) is 42.7 Å². The van der Waals surface area contributed by atoms with Crippen LogP contribution in [0.2, 0.25) is 0 Å². The average Bonchev–Trinajstić information content (AvgIpc) is 2.69. The largest absolute Gasteiger partial charge is 0.325 e. The van der Waals surface area contributed by atoms with Gasteiger partial charge in [0.25, 0.3) is 0 Å². The molecule has 0 aliphatic carbocycles. The summed E-state index contributed by atoms with van der Waals surface area (Å²) in [7, 11) is 0. The van der Waals surface area contributed by atoms with E-state index in [9.17, 15) is 4.79 Å². The van der Waals surface area contributed by atoms with Crippen LogP contribution in [0.25, 0.3) is 11.3 Å². The number of rotatable bonds is 6. The van der Waals surface area contributed by atoms with Crippen molar-refractivity contribution in [2.75, 3.05) is 11.1 Å². The molecule has 3 aromatic rings. The molecule has 3 rings (SSSR count). The summed E-state index contributed by atoms with van der Waals surface area (Å²) in [6.07, 6.45) is 1.02. The molecule has 0 saturated heterocycles. The number of hydrogen-bond donors (Lipinski definition) is 1. The lowest BCUT2D eigenvalue weighted by Crippen LogP contribution is -2.14. The molecule has 1 aromatic heterocycles. The predicted molar refractivity (Wildman–Crippen MR) is 107 cm³/mol. The molecule has 132 valence electrons. The van der Waals surface area contributed by atoms with Gasteiger partial charge in [0.2, 0.25) is 5.91 Å². The predicted octanol–water partition coefficient (Wildman–Crippen LogP) is 4.75. The third-order valence-corrected chi connectivity index (χ3v) is 4.99. The number of aryl methyl sites for hydroxylation is 2. The fraction of sp³-hybridized carbons (Fsp3) is 0.190. The Balaban J connectivity index is 1.57. The Kier molecular flexibility index (Phi) is 6.02. The van der Waals surface area contributed by atoms with E-state index in [1.807, 2.05) is 43.3 Å². The van der Waals surface area contributed by atoms with Crippen molar-refractivity contribution in [3.63, 3.8) is 0 Å². The van der Waals surface area contributed by atoms with E-state index >= 15 is 0 Å². The van der Waals surface area contributed by atoms with Gasteiger partial charge in [-0.15, -0.1) is 10.2 Å². The molecule has 1 N–H and O–H groups in total. The van der Waals surface area contributed by atoms with Crippen molar-refractivity contribution in [3.05, 3.63) is 71.8 Å². The summed E-state index contributed by atoms with van der Waals surface area (Å²) in [5.74, 6) is 0.249. The van der Waals surface area contributed by atoms with Crippen LogP contribution in [0.5, 0.6) is 0 Å². The second kappa shape index (κ2) is 8.63. The maximum absolute atomic E-state index is 12.1. The van der Waals surface area contributed by atoms with E-state index in [-0.39, 0.29) is 5.91 Å². The fourth-order valence-corrected chi connectivity index (χ4v) is 3.12. The van der Waals surface area contributed by atoms with Crippen molar-refractivity contribution in [2.24, 2.45) is 0 Å². The Morgan fingerprint density at radius 1 is 1.00 bits per heavy atom. The van der Waals surface area contributed by atoms with Gasteiger partial charge in [0.15, 0.2) is 0 Å². The van der Waals surface area contributed by atoms with Gasteiger partial charge in [0, 0.05) is 11.3 Å². The maximum atomic E-state index is 12.1. The molecule has 0 saturated carbocycles. The number of nitrogens with zero attached hydrogens (tertiary/aromatic N) is 2. The van der Waals surface area contributed by atoms with Crippen molar-refractivity contribution in [3.8, 4) is 11.3 Å². The van der Waals surface area contributed by atoms with Gasteiger partial charge in [0.05, 0.1) is 11.4 Å². The minimum Gasteiger partial charge on any atom is -0.325 e. The summed E-state index contributed by atoms with van der Waals surface area (Å²) in [5.41, 5.74) is 5.07. The van der Waals surface area contributed by atoms with Crippen molar-refractivity contribution >= 4 is 23.4 Å². The monoisotopic (exact) mass is 363 g/mol. The highest BCUT2D eigenvalue weighted by atomic mass is 32.2. The summed E-state index contributed by atoms with van der Waals surface area (Å²) in [6, 6.07) is 19.9. The first-order valence-electron chi connectivity index (χ1n) is 8.57. The summed E-state index contributed by atoms with van der Waals surface area (Å²) >= 11 is 1.38. The zero-order chi connectivity index (χ0) is 18.4. The second-order valence-electron chi connectivity index (χ2n) is 5.96. The van der Waals surface area contributed by atoms with Gasteiger partial charge in [-0.25, -0.2) is 0 Å². The zero-order valence-electron chi connectivity index (χ0n) is 14.9. The Bertz CT molecular complexity index is 877. The van der Waals surface area contributed by atoms with E-state index in [2.05, 4.69) is 46.7 Å². The number of carbonyl (C=O) groups is 1. The smallest absolute Gasteiger partial charge is 0.234 e. The number of hydrogen-bond acceptors (Lipinski definition) is 4. The van der Waals surface area contributed by atoms with Crippen LogP contribution in [0, 0.1) is 6.92 Å². The molecule has 0 radical (unpaired) electrons.